The fraction of sp³-hybridized carbons (Fsp3) is 0.741. The number of nitrogens with two attached hydrogens (primary N) is 1. The van der Waals surface area contributed by atoms with Gasteiger partial charge in [0, 0.05) is 26.2 Å². The summed E-state index contributed by atoms with van der Waals surface area (Å²) in [7, 11) is -2.64. The van der Waals surface area contributed by atoms with Gasteiger partial charge in [-0.25, -0.2) is 32.9 Å². The number of esters is 1. The zero-order valence-corrected chi connectivity index (χ0v) is 27.1. The predicted octanol–water partition coefficient (Wildman–Crippen LogP) is 0.276. The number of methoxy groups -OCH3 is 1. The van der Waals surface area contributed by atoms with E-state index in [2.05, 4.69) is 25.0 Å². The number of carbonyl (C=O) groups excluding carboxylic acids is 2. The lowest BCUT2D eigenvalue weighted by atomic mass is 10.0. The number of ether oxygens (including phenoxy) is 5. The van der Waals surface area contributed by atoms with Gasteiger partial charge in [0.25, 0.3) is 0 Å². The van der Waals surface area contributed by atoms with Crippen LogP contribution in [-0.2, 0) is 38.5 Å². The third kappa shape index (κ3) is 7.30. The minimum absolute atomic E-state index is 0.0173. The number of amides is 1. The van der Waals surface area contributed by atoms with Gasteiger partial charge in [-0.2, -0.15) is 0 Å². The molecular weight excluding hydrogens is 612 g/mol. The lowest BCUT2D eigenvalue weighted by molar-refractivity contribution is -0.195. The first-order valence-corrected chi connectivity index (χ1v) is 16.3. The average Bonchev–Trinajstić information content (AvgIpc) is 3.62. The summed E-state index contributed by atoms with van der Waals surface area (Å²) >= 11 is 0. The Morgan fingerprint density at radius 2 is 1.91 bits per heavy atom. The number of hydrogen-bond donors (Lipinski definition) is 3. The van der Waals surface area contributed by atoms with Crippen LogP contribution in [0.1, 0.15) is 53.7 Å². The van der Waals surface area contributed by atoms with Crippen LogP contribution in [0.2, 0.25) is 0 Å². The van der Waals surface area contributed by atoms with Crippen LogP contribution in [0.25, 0.3) is 11.2 Å². The molecular formula is C27H42N8O9S. The molecule has 3 saturated heterocycles. The Morgan fingerprint density at radius 1 is 1.18 bits per heavy atom. The molecule has 0 saturated carbocycles. The molecule has 0 bridgehead atoms. The number of piperidine rings is 1. The summed E-state index contributed by atoms with van der Waals surface area (Å²) in [6, 6.07) is -0.807. The number of nitrogens with one attached hydrogen (secondary N) is 2. The van der Waals surface area contributed by atoms with E-state index in [1.807, 2.05) is 4.90 Å². The number of hydrogen-bond acceptors (Lipinski definition) is 14. The van der Waals surface area contributed by atoms with Crippen molar-refractivity contribution in [2.75, 3.05) is 39.0 Å². The molecule has 45 heavy (non-hydrogen) atoms. The first-order chi connectivity index (χ1) is 21.1. The maximum atomic E-state index is 13.6. The van der Waals surface area contributed by atoms with Crippen LogP contribution >= 0.6 is 0 Å². The van der Waals surface area contributed by atoms with Crippen LogP contribution in [-0.4, -0.2) is 119 Å². The van der Waals surface area contributed by atoms with Crippen molar-refractivity contribution < 1.29 is 41.7 Å². The van der Waals surface area contributed by atoms with Crippen molar-refractivity contribution in [1.82, 2.24) is 34.5 Å². The number of carbonyl (C=O) groups is 2. The Bertz CT molecular complexity index is 1510. The molecule has 3 aliphatic heterocycles. The van der Waals surface area contributed by atoms with Gasteiger partial charge in [0.05, 0.1) is 18.7 Å². The van der Waals surface area contributed by atoms with Gasteiger partial charge in [0.2, 0.25) is 10.0 Å². The number of likely N-dealkylation sites (tertiary alicyclic amines) is 1. The van der Waals surface area contributed by atoms with Crippen LogP contribution in [0.3, 0.4) is 0 Å². The van der Waals surface area contributed by atoms with E-state index in [4.69, 9.17) is 29.4 Å². The van der Waals surface area contributed by atoms with Gasteiger partial charge in [0.15, 0.2) is 23.5 Å². The van der Waals surface area contributed by atoms with E-state index in [9.17, 15) is 18.0 Å². The minimum atomic E-state index is -3.90. The Kier molecular flexibility index (Phi) is 9.27. The summed E-state index contributed by atoms with van der Waals surface area (Å²) in [6.07, 6.45) is -0.0213. The second-order valence-corrected chi connectivity index (χ2v) is 14.8. The molecule has 1 amide bonds. The van der Waals surface area contributed by atoms with Crippen LogP contribution in [0, 0.1) is 0 Å². The quantitative estimate of drug-likeness (QED) is 0.310. The maximum absolute atomic E-state index is 13.6. The molecule has 0 radical (unpaired) electrons. The highest BCUT2D eigenvalue weighted by Crippen LogP contribution is 2.43. The zero-order chi connectivity index (χ0) is 32.7. The number of nitrogens with zero attached hydrogens (tertiary/aromatic N) is 5. The molecule has 0 aromatic carbocycles. The molecule has 5 rings (SSSR count). The summed E-state index contributed by atoms with van der Waals surface area (Å²) in [5.41, 5.74) is 6.17. The third-order valence-corrected chi connectivity index (χ3v) is 9.79. The topological polar surface area (TPSA) is 211 Å². The van der Waals surface area contributed by atoms with Gasteiger partial charge in [-0.3, -0.25) is 14.3 Å². The maximum Gasteiger partial charge on any atom is 0.407 e. The molecule has 4 unspecified atom stereocenters. The van der Waals surface area contributed by atoms with Crippen LogP contribution < -0.4 is 15.8 Å². The second kappa shape index (κ2) is 12.6. The normalized spacial score (nSPS) is 28.6. The largest absolute Gasteiger partial charge is 0.468 e. The van der Waals surface area contributed by atoms with Gasteiger partial charge in [0.1, 0.15) is 41.8 Å². The fourth-order valence-corrected chi connectivity index (χ4v) is 7.43. The van der Waals surface area contributed by atoms with E-state index in [1.54, 1.807) is 39.2 Å². The van der Waals surface area contributed by atoms with E-state index in [1.165, 1.54) is 19.8 Å². The smallest absolute Gasteiger partial charge is 0.407 e. The lowest BCUT2D eigenvalue weighted by Gasteiger charge is -2.37. The molecule has 250 valence electrons. The Labute approximate surface area is 261 Å². The number of sulfonamides is 1. The van der Waals surface area contributed by atoms with Gasteiger partial charge >= 0.3 is 12.1 Å². The number of imidazole rings is 1. The first kappa shape index (κ1) is 33.2. The summed E-state index contributed by atoms with van der Waals surface area (Å²) in [4.78, 5) is 39.1. The van der Waals surface area contributed by atoms with E-state index in [-0.39, 0.29) is 31.7 Å². The number of anilines is 1. The van der Waals surface area contributed by atoms with Gasteiger partial charge in [-0.15, -0.1) is 0 Å². The number of alkyl carbamates (subject to hydrolysis) is 1. The van der Waals surface area contributed by atoms with E-state index >= 15 is 0 Å². The molecule has 3 aliphatic rings. The van der Waals surface area contributed by atoms with Crippen molar-refractivity contribution in [1.29, 1.82) is 0 Å². The predicted molar refractivity (Wildman–Crippen MR) is 159 cm³/mol. The van der Waals surface area contributed by atoms with Crippen LogP contribution in [0.15, 0.2) is 12.7 Å². The Hall–Kier alpha value is -3.16. The Balaban J connectivity index is 1.23. The van der Waals surface area contributed by atoms with E-state index < -0.39 is 69.3 Å². The number of nitrogen functional groups attached to an aromatic ring is 1. The highest BCUT2D eigenvalue weighted by atomic mass is 32.2. The third-order valence-electron chi connectivity index (χ3n) is 7.92. The molecule has 0 spiro atoms. The number of aromatic nitrogens is 4. The van der Waals surface area contributed by atoms with Crippen LogP contribution in [0.5, 0.6) is 0 Å². The highest BCUT2D eigenvalue weighted by Gasteiger charge is 2.56. The molecule has 2 aromatic heterocycles. The van der Waals surface area contributed by atoms with Crippen LogP contribution in [0.4, 0.5) is 10.6 Å². The standard InChI is InChI=1S/C27H42N8O9S/c1-26(2,3)44-25(37)29-8-10-34-9-7-15(11-16(34)24(36)40-6)45(38,39)33-12-17-19-20(43-27(4,5)42-19)23(41-17)35-14-32-18-21(28)30-13-31-22(18)35/h13-17,19-20,23,33H,7-12H2,1-6H3,(H,29,37)(H2,28,30,31)/t15?,16?,17-,19?,20?,23-/m1/s1. The molecule has 4 N–H and O–H groups in total. The zero-order valence-electron chi connectivity index (χ0n) is 26.3. The highest BCUT2D eigenvalue weighted by molar-refractivity contribution is 7.90. The second-order valence-electron chi connectivity index (χ2n) is 12.8. The monoisotopic (exact) mass is 654 g/mol. The minimum Gasteiger partial charge on any atom is -0.468 e. The molecule has 6 atom stereocenters. The van der Waals surface area contributed by atoms with Crippen molar-refractivity contribution >= 4 is 39.1 Å². The first-order valence-electron chi connectivity index (χ1n) is 14.8. The average molecular weight is 655 g/mol. The number of rotatable bonds is 9. The van der Waals surface area contributed by atoms with Gasteiger partial charge in [-0.1, -0.05) is 0 Å². The molecule has 17 nitrogen and oxygen atoms in total. The molecule has 5 heterocycles. The molecule has 18 heteroatoms. The van der Waals surface area contributed by atoms with Gasteiger partial charge < -0.3 is 34.7 Å². The van der Waals surface area contributed by atoms with Crippen molar-refractivity contribution in [2.24, 2.45) is 0 Å². The fourth-order valence-electron chi connectivity index (χ4n) is 5.95. The molecule has 2 aromatic rings. The Morgan fingerprint density at radius 3 is 2.62 bits per heavy atom. The van der Waals surface area contributed by atoms with E-state index in [0.29, 0.717) is 24.3 Å². The van der Waals surface area contributed by atoms with Crippen molar-refractivity contribution in [3.63, 3.8) is 0 Å². The summed E-state index contributed by atoms with van der Waals surface area (Å²) in [6.45, 7) is 9.58. The SMILES string of the molecule is COC(=O)C1CC(S(=O)(=O)NC[C@H]2O[C@@H](n3cnc4c(N)ncnc43)C3OC(C)(C)OC32)CCN1CCNC(=O)OC(C)(C)C. The van der Waals surface area contributed by atoms with Crippen molar-refractivity contribution in [3.8, 4) is 0 Å². The van der Waals surface area contributed by atoms with E-state index in [0.717, 1.165) is 0 Å². The summed E-state index contributed by atoms with van der Waals surface area (Å²) in [5.74, 6) is -1.26. The summed E-state index contributed by atoms with van der Waals surface area (Å²) in [5, 5.41) is 1.80. The molecule has 3 fully saturated rings. The van der Waals surface area contributed by atoms with Crippen molar-refractivity contribution in [2.45, 2.75) is 94.7 Å². The summed E-state index contributed by atoms with van der Waals surface area (Å²) < 4.78 is 60.3. The number of fused-ring (bicyclic) bond motifs is 2. The van der Waals surface area contributed by atoms with Crippen molar-refractivity contribution in [3.05, 3.63) is 12.7 Å². The lowest BCUT2D eigenvalue weighted by Crippen LogP contribution is -2.54. The molecule has 0 aliphatic carbocycles. The van der Waals surface area contributed by atoms with Gasteiger partial charge in [-0.05, 0) is 47.5 Å².